The lowest BCUT2D eigenvalue weighted by Crippen LogP contribution is -2.41. The van der Waals surface area contributed by atoms with Gasteiger partial charge in [-0.15, -0.1) is 11.3 Å². The molecule has 0 radical (unpaired) electrons. The number of hydrogen-bond acceptors (Lipinski definition) is 4. The van der Waals surface area contributed by atoms with Crippen LogP contribution in [-0.2, 0) is 16.6 Å². The third kappa shape index (κ3) is 2.88. The molecule has 1 N–H and O–H groups in total. The van der Waals surface area contributed by atoms with Crippen molar-refractivity contribution in [3.63, 3.8) is 0 Å². The van der Waals surface area contributed by atoms with Crippen LogP contribution in [0.4, 0.5) is 0 Å². The van der Waals surface area contributed by atoms with Gasteiger partial charge in [-0.3, -0.25) is 4.79 Å². The Balaban J connectivity index is 1.63. The number of thiophene rings is 1. The Morgan fingerprint density at radius 1 is 1.41 bits per heavy atom. The van der Waals surface area contributed by atoms with Gasteiger partial charge >= 0.3 is 5.97 Å². The van der Waals surface area contributed by atoms with Gasteiger partial charge in [0.1, 0.15) is 5.69 Å². The first-order valence-electron chi connectivity index (χ1n) is 7.60. The minimum Gasteiger partial charge on any atom is -0.448 e. The van der Waals surface area contributed by atoms with Crippen molar-refractivity contribution in [2.75, 3.05) is 0 Å². The first-order valence-corrected chi connectivity index (χ1v) is 8.48. The second kappa shape index (κ2) is 6.12. The van der Waals surface area contributed by atoms with Crippen molar-refractivity contribution in [2.45, 2.75) is 44.8 Å². The highest BCUT2D eigenvalue weighted by atomic mass is 32.1. The van der Waals surface area contributed by atoms with E-state index in [0.717, 1.165) is 35.9 Å². The smallest absolute Gasteiger partial charge is 0.355 e. The summed E-state index contributed by atoms with van der Waals surface area (Å²) in [5.74, 6) is -0.670. The Hall–Kier alpha value is -1.82. The van der Waals surface area contributed by atoms with Gasteiger partial charge in [-0.2, -0.15) is 0 Å². The van der Waals surface area contributed by atoms with Crippen molar-refractivity contribution in [1.82, 2.24) is 9.88 Å². The van der Waals surface area contributed by atoms with Crippen LogP contribution in [0.2, 0.25) is 0 Å². The number of nitrogens with one attached hydrogen (secondary N) is 1. The Labute approximate surface area is 133 Å². The summed E-state index contributed by atoms with van der Waals surface area (Å²) in [7, 11) is 1.83. The molecule has 1 aliphatic rings. The fourth-order valence-electron chi connectivity index (χ4n) is 2.91. The van der Waals surface area contributed by atoms with Gasteiger partial charge in [0.05, 0.1) is 10.2 Å². The van der Waals surface area contributed by atoms with Crippen LogP contribution in [0.15, 0.2) is 17.5 Å². The molecule has 0 spiro atoms. The molecule has 1 aliphatic carbocycles. The number of carbonyl (C=O) groups is 2. The zero-order valence-corrected chi connectivity index (χ0v) is 13.6. The molecule has 0 saturated heterocycles. The molecule has 1 saturated carbocycles. The molecule has 2 aromatic rings. The van der Waals surface area contributed by atoms with Crippen LogP contribution in [0.3, 0.4) is 0 Å². The van der Waals surface area contributed by atoms with Gasteiger partial charge in [0.15, 0.2) is 6.10 Å². The summed E-state index contributed by atoms with van der Waals surface area (Å²) in [4.78, 5) is 24.3. The lowest BCUT2D eigenvalue weighted by Gasteiger charge is -2.17. The van der Waals surface area contributed by atoms with Gasteiger partial charge in [-0.25, -0.2) is 4.79 Å². The molecule has 6 heteroatoms. The molecule has 1 fully saturated rings. The number of esters is 1. The Morgan fingerprint density at radius 2 is 2.14 bits per heavy atom. The summed E-state index contributed by atoms with van der Waals surface area (Å²) in [5, 5.41) is 4.93. The van der Waals surface area contributed by atoms with E-state index in [2.05, 4.69) is 5.32 Å². The van der Waals surface area contributed by atoms with Crippen molar-refractivity contribution < 1.29 is 14.3 Å². The predicted molar refractivity (Wildman–Crippen MR) is 86.1 cm³/mol. The maximum atomic E-state index is 12.3. The van der Waals surface area contributed by atoms with Gasteiger partial charge in [-0.05, 0) is 37.3 Å². The van der Waals surface area contributed by atoms with E-state index in [9.17, 15) is 9.59 Å². The van der Waals surface area contributed by atoms with E-state index >= 15 is 0 Å². The maximum absolute atomic E-state index is 12.3. The van der Waals surface area contributed by atoms with Crippen molar-refractivity contribution >= 4 is 33.4 Å². The minimum atomic E-state index is -0.777. The van der Waals surface area contributed by atoms with E-state index in [1.54, 1.807) is 22.8 Å². The molecule has 1 atom stereocenters. The summed E-state index contributed by atoms with van der Waals surface area (Å²) in [6, 6.07) is 4.01. The number of aromatic nitrogens is 1. The van der Waals surface area contributed by atoms with Crippen molar-refractivity contribution in [1.29, 1.82) is 0 Å². The molecule has 1 amide bonds. The molecule has 0 aromatic carbocycles. The minimum absolute atomic E-state index is 0.212. The summed E-state index contributed by atoms with van der Waals surface area (Å²) in [6.45, 7) is 1.62. The summed E-state index contributed by atoms with van der Waals surface area (Å²) in [6.07, 6.45) is 3.56. The Kier molecular flexibility index (Phi) is 4.20. The van der Waals surface area contributed by atoms with E-state index in [1.807, 2.05) is 24.6 Å². The second-order valence-electron chi connectivity index (χ2n) is 5.80. The number of carbonyl (C=O) groups excluding carboxylic acids is 2. The number of amides is 1. The van der Waals surface area contributed by atoms with Gasteiger partial charge in [0.2, 0.25) is 0 Å². The van der Waals surface area contributed by atoms with E-state index < -0.39 is 12.1 Å². The third-order valence-electron chi connectivity index (χ3n) is 4.23. The molecule has 2 heterocycles. The standard InChI is InChI=1S/C16H20N2O3S/c1-10(15(19)17-11-5-3-4-6-11)21-16(20)13-9-14-12(18(13)2)7-8-22-14/h7-11H,3-6H2,1-2H3,(H,17,19). The predicted octanol–water partition coefficient (Wildman–Crippen LogP) is 2.84. The van der Waals surface area contributed by atoms with Crippen LogP contribution in [0.5, 0.6) is 0 Å². The van der Waals surface area contributed by atoms with Crippen molar-refractivity contribution in [3.05, 3.63) is 23.2 Å². The number of ether oxygens (including phenoxy) is 1. The van der Waals surface area contributed by atoms with E-state index in [1.165, 1.54) is 0 Å². The fourth-order valence-corrected chi connectivity index (χ4v) is 3.76. The number of hydrogen-bond donors (Lipinski definition) is 1. The van der Waals surface area contributed by atoms with Gasteiger partial charge < -0.3 is 14.6 Å². The second-order valence-corrected chi connectivity index (χ2v) is 6.74. The molecule has 5 nitrogen and oxygen atoms in total. The lowest BCUT2D eigenvalue weighted by molar-refractivity contribution is -0.129. The van der Waals surface area contributed by atoms with Gasteiger partial charge in [0, 0.05) is 13.1 Å². The SMILES string of the molecule is CC(OC(=O)c1cc2sccc2n1C)C(=O)NC1CCCC1. The zero-order valence-electron chi connectivity index (χ0n) is 12.8. The number of aryl methyl sites for hydroxylation is 1. The average Bonchev–Trinajstić information content (AvgIpc) is 3.18. The van der Waals surface area contributed by atoms with Crippen LogP contribution in [0.25, 0.3) is 10.2 Å². The van der Waals surface area contributed by atoms with Crippen LogP contribution >= 0.6 is 11.3 Å². The van der Waals surface area contributed by atoms with Crippen LogP contribution in [0, 0.1) is 0 Å². The number of nitrogens with zero attached hydrogens (tertiary/aromatic N) is 1. The Morgan fingerprint density at radius 3 is 2.82 bits per heavy atom. The van der Waals surface area contributed by atoms with Gasteiger partial charge in [0.25, 0.3) is 5.91 Å². The molecule has 3 rings (SSSR count). The molecule has 0 aliphatic heterocycles. The van der Waals surface area contributed by atoms with E-state index in [-0.39, 0.29) is 11.9 Å². The highest BCUT2D eigenvalue weighted by Gasteiger charge is 2.24. The molecule has 118 valence electrons. The van der Waals surface area contributed by atoms with Gasteiger partial charge in [-0.1, -0.05) is 12.8 Å². The molecular weight excluding hydrogens is 300 g/mol. The molecular formula is C16H20N2O3S. The van der Waals surface area contributed by atoms with Crippen molar-refractivity contribution in [3.8, 4) is 0 Å². The largest absolute Gasteiger partial charge is 0.448 e. The Bertz CT molecular complexity index is 697. The highest BCUT2D eigenvalue weighted by molar-refractivity contribution is 7.17. The van der Waals surface area contributed by atoms with Crippen LogP contribution < -0.4 is 5.32 Å². The summed E-state index contributed by atoms with van der Waals surface area (Å²) < 4.78 is 8.16. The van der Waals surface area contributed by atoms with Crippen LogP contribution in [-0.4, -0.2) is 28.6 Å². The molecule has 1 unspecified atom stereocenters. The monoisotopic (exact) mass is 320 g/mol. The average molecular weight is 320 g/mol. The molecule has 2 aromatic heterocycles. The van der Waals surface area contributed by atoms with E-state index in [0.29, 0.717) is 5.69 Å². The van der Waals surface area contributed by atoms with Crippen LogP contribution in [0.1, 0.15) is 43.1 Å². The quantitative estimate of drug-likeness (QED) is 0.881. The highest BCUT2D eigenvalue weighted by Crippen LogP contribution is 2.24. The normalized spacial score (nSPS) is 16.8. The fraction of sp³-hybridized carbons (Fsp3) is 0.500. The maximum Gasteiger partial charge on any atom is 0.355 e. The third-order valence-corrected chi connectivity index (χ3v) is 5.08. The lowest BCUT2D eigenvalue weighted by atomic mass is 10.2. The molecule has 22 heavy (non-hydrogen) atoms. The van der Waals surface area contributed by atoms with E-state index in [4.69, 9.17) is 4.74 Å². The van der Waals surface area contributed by atoms with Crippen molar-refractivity contribution in [2.24, 2.45) is 7.05 Å². The number of fused-ring (bicyclic) bond motifs is 1. The molecule has 0 bridgehead atoms. The topological polar surface area (TPSA) is 60.3 Å². The summed E-state index contributed by atoms with van der Waals surface area (Å²) in [5.41, 5.74) is 1.47. The zero-order chi connectivity index (χ0) is 15.7. The first kappa shape index (κ1) is 15.1. The summed E-state index contributed by atoms with van der Waals surface area (Å²) >= 11 is 1.58. The first-order chi connectivity index (χ1) is 10.6. The number of rotatable bonds is 4.